The summed E-state index contributed by atoms with van der Waals surface area (Å²) in [6, 6.07) is 0. The molecule has 5 nitrogen and oxygen atoms in total. The van der Waals surface area contributed by atoms with Gasteiger partial charge in [-0.1, -0.05) is 0 Å². The molecule has 0 aliphatic carbocycles. The van der Waals surface area contributed by atoms with Crippen molar-refractivity contribution in [2.75, 3.05) is 13.2 Å². The summed E-state index contributed by atoms with van der Waals surface area (Å²) in [5.41, 5.74) is 5.76. The van der Waals surface area contributed by atoms with Crippen LogP contribution < -0.4 is 11.3 Å². The average molecular weight is 195 g/mol. The number of rotatable bonds is 2. The van der Waals surface area contributed by atoms with Crippen molar-refractivity contribution in [2.24, 2.45) is 5.73 Å². The van der Waals surface area contributed by atoms with Crippen molar-refractivity contribution < 1.29 is 4.74 Å². The topological polar surface area (TPSA) is 81.0 Å². The van der Waals surface area contributed by atoms with E-state index in [1.54, 1.807) is 6.20 Å². The minimum atomic E-state index is -0.135. The van der Waals surface area contributed by atoms with E-state index in [1.807, 2.05) is 0 Å². The van der Waals surface area contributed by atoms with Gasteiger partial charge in [0.25, 0.3) is 5.56 Å². The van der Waals surface area contributed by atoms with Crippen LogP contribution in [0, 0.1) is 0 Å². The molecule has 1 saturated heterocycles. The van der Waals surface area contributed by atoms with Gasteiger partial charge in [0.15, 0.2) is 0 Å². The van der Waals surface area contributed by atoms with Gasteiger partial charge in [0.1, 0.15) is 5.82 Å². The van der Waals surface area contributed by atoms with Crippen LogP contribution in [0.15, 0.2) is 11.0 Å². The molecular weight excluding hydrogens is 182 g/mol. The van der Waals surface area contributed by atoms with Gasteiger partial charge in [-0.05, 0) is 6.42 Å². The SMILES string of the molecule is NCc1cnc(C2CCOC2)[nH]c1=O. The first-order valence-corrected chi connectivity index (χ1v) is 4.67. The van der Waals surface area contributed by atoms with Crippen molar-refractivity contribution in [1.29, 1.82) is 0 Å². The van der Waals surface area contributed by atoms with Crippen LogP contribution in [0.25, 0.3) is 0 Å². The molecule has 2 heterocycles. The first-order chi connectivity index (χ1) is 6.81. The number of nitrogens with one attached hydrogen (secondary N) is 1. The van der Waals surface area contributed by atoms with E-state index >= 15 is 0 Å². The zero-order chi connectivity index (χ0) is 9.97. The summed E-state index contributed by atoms with van der Waals surface area (Å²) in [7, 11) is 0. The van der Waals surface area contributed by atoms with Gasteiger partial charge >= 0.3 is 0 Å². The maximum Gasteiger partial charge on any atom is 0.255 e. The molecule has 14 heavy (non-hydrogen) atoms. The molecule has 1 aromatic heterocycles. The fourth-order valence-corrected chi connectivity index (χ4v) is 1.54. The highest BCUT2D eigenvalue weighted by Crippen LogP contribution is 2.20. The van der Waals surface area contributed by atoms with E-state index in [0.29, 0.717) is 18.0 Å². The Balaban J connectivity index is 2.27. The van der Waals surface area contributed by atoms with Crippen LogP contribution >= 0.6 is 0 Å². The van der Waals surface area contributed by atoms with Crippen LogP contribution in [0.3, 0.4) is 0 Å². The highest BCUT2D eigenvalue weighted by Gasteiger charge is 2.20. The predicted octanol–water partition coefficient (Wildman–Crippen LogP) is -0.268. The van der Waals surface area contributed by atoms with Crippen LogP contribution in [0.1, 0.15) is 23.7 Å². The monoisotopic (exact) mass is 195 g/mol. The molecule has 0 amide bonds. The summed E-state index contributed by atoms with van der Waals surface area (Å²) in [6.07, 6.45) is 2.47. The van der Waals surface area contributed by atoms with Gasteiger partial charge in [0, 0.05) is 30.8 Å². The third kappa shape index (κ3) is 1.69. The van der Waals surface area contributed by atoms with E-state index < -0.39 is 0 Å². The molecule has 5 heteroatoms. The molecule has 0 radical (unpaired) electrons. The molecule has 1 aliphatic rings. The minimum absolute atomic E-state index is 0.135. The maximum atomic E-state index is 11.4. The maximum absolute atomic E-state index is 11.4. The number of nitrogens with two attached hydrogens (primary N) is 1. The zero-order valence-electron chi connectivity index (χ0n) is 7.82. The number of hydrogen-bond acceptors (Lipinski definition) is 4. The first kappa shape index (κ1) is 9.36. The van der Waals surface area contributed by atoms with Crippen LogP contribution in [0.5, 0.6) is 0 Å². The second-order valence-electron chi connectivity index (χ2n) is 3.39. The summed E-state index contributed by atoms with van der Waals surface area (Å²) in [6.45, 7) is 1.61. The molecule has 2 rings (SSSR count). The Morgan fingerprint density at radius 1 is 1.71 bits per heavy atom. The second kappa shape index (κ2) is 3.89. The van der Waals surface area contributed by atoms with Crippen molar-refractivity contribution in [3.8, 4) is 0 Å². The van der Waals surface area contributed by atoms with Gasteiger partial charge in [-0.3, -0.25) is 4.79 Å². The molecule has 1 unspecified atom stereocenters. The molecule has 1 aromatic rings. The zero-order valence-corrected chi connectivity index (χ0v) is 7.82. The normalized spacial score (nSPS) is 21.4. The Bertz CT molecular complexity index is 369. The molecule has 0 saturated carbocycles. The van der Waals surface area contributed by atoms with Gasteiger partial charge in [-0.15, -0.1) is 0 Å². The fourth-order valence-electron chi connectivity index (χ4n) is 1.54. The summed E-state index contributed by atoms with van der Waals surface area (Å²) >= 11 is 0. The van der Waals surface area contributed by atoms with Crippen molar-refractivity contribution in [3.05, 3.63) is 27.9 Å². The van der Waals surface area contributed by atoms with E-state index in [4.69, 9.17) is 10.5 Å². The number of hydrogen-bond donors (Lipinski definition) is 2. The van der Waals surface area contributed by atoms with E-state index in [1.165, 1.54) is 0 Å². The highest BCUT2D eigenvalue weighted by molar-refractivity contribution is 5.08. The quantitative estimate of drug-likeness (QED) is 0.680. The molecule has 1 fully saturated rings. The predicted molar refractivity (Wildman–Crippen MR) is 50.9 cm³/mol. The number of ether oxygens (including phenoxy) is 1. The molecule has 3 N–H and O–H groups in total. The minimum Gasteiger partial charge on any atom is -0.381 e. The Morgan fingerprint density at radius 3 is 3.14 bits per heavy atom. The number of aromatic amines is 1. The summed E-state index contributed by atoms with van der Waals surface area (Å²) in [5, 5.41) is 0. The van der Waals surface area contributed by atoms with E-state index in [-0.39, 0.29) is 18.0 Å². The number of nitrogens with zero attached hydrogens (tertiary/aromatic N) is 1. The molecule has 76 valence electrons. The van der Waals surface area contributed by atoms with Crippen LogP contribution in [-0.2, 0) is 11.3 Å². The Kier molecular flexibility index (Phi) is 2.60. The Hall–Kier alpha value is -1.20. The Labute approximate surface area is 81.3 Å². The molecule has 1 atom stereocenters. The van der Waals surface area contributed by atoms with Gasteiger partial charge in [0.05, 0.1) is 6.61 Å². The average Bonchev–Trinajstić information content (AvgIpc) is 2.70. The van der Waals surface area contributed by atoms with Gasteiger partial charge in [-0.2, -0.15) is 0 Å². The van der Waals surface area contributed by atoms with Crippen LogP contribution in [0.4, 0.5) is 0 Å². The lowest BCUT2D eigenvalue weighted by molar-refractivity contribution is 0.193. The summed E-state index contributed by atoms with van der Waals surface area (Å²) in [4.78, 5) is 18.3. The van der Waals surface area contributed by atoms with Crippen molar-refractivity contribution in [3.63, 3.8) is 0 Å². The van der Waals surface area contributed by atoms with Crippen LogP contribution in [-0.4, -0.2) is 23.2 Å². The van der Waals surface area contributed by atoms with E-state index in [0.717, 1.165) is 13.0 Å². The van der Waals surface area contributed by atoms with E-state index in [9.17, 15) is 4.79 Å². The highest BCUT2D eigenvalue weighted by atomic mass is 16.5. The van der Waals surface area contributed by atoms with Crippen molar-refractivity contribution in [1.82, 2.24) is 9.97 Å². The van der Waals surface area contributed by atoms with Crippen LogP contribution in [0.2, 0.25) is 0 Å². The lowest BCUT2D eigenvalue weighted by atomic mass is 10.1. The number of H-pyrrole nitrogens is 1. The molecule has 0 spiro atoms. The van der Waals surface area contributed by atoms with E-state index in [2.05, 4.69) is 9.97 Å². The number of aromatic nitrogens is 2. The van der Waals surface area contributed by atoms with Gasteiger partial charge in [-0.25, -0.2) is 4.98 Å². The Morgan fingerprint density at radius 2 is 2.57 bits per heavy atom. The molecule has 1 aliphatic heterocycles. The molecule has 0 aromatic carbocycles. The van der Waals surface area contributed by atoms with Gasteiger partial charge in [0.2, 0.25) is 0 Å². The molecule has 0 bridgehead atoms. The third-order valence-electron chi connectivity index (χ3n) is 2.43. The second-order valence-corrected chi connectivity index (χ2v) is 3.39. The van der Waals surface area contributed by atoms with Crippen molar-refractivity contribution >= 4 is 0 Å². The first-order valence-electron chi connectivity index (χ1n) is 4.67. The van der Waals surface area contributed by atoms with Gasteiger partial charge < -0.3 is 15.5 Å². The standard InChI is InChI=1S/C9H13N3O2/c10-3-7-4-11-8(12-9(7)13)6-1-2-14-5-6/h4,6H,1-3,5,10H2,(H,11,12,13). The lowest BCUT2D eigenvalue weighted by Gasteiger charge is -2.06. The van der Waals surface area contributed by atoms with Crippen molar-refractivity contribution in [2.45, 2.75) is 18.9 Å². The third-order valence-corrected chi connectivity index (χ3v) is 2.43. The fraction of sp³-hybridized carbons (Fsp3) is 0.556. The summed E-state index contributed by atoms with van der Waals surface area (Å²) < 4.78 is 5.22. The largest absolute Gasteiger partial charge is 0.381 e. The summed E-state index contributed by atoms with van der Waals surface area (Å²) in [5.74, 6) is 0.944. The lowest BCUT2D eigenvalue weighted by Crippen LogP contribution is -2.20. The smallest absolute Gasteiger partial charge is 0.255 e. The molecular formula is C9H13N3O2.